The first-order chi connectivity index (χ1) is 9.24. The van der Waals surface area contributed by atoms with E-state index in [0.29, 0.717) is 5.56 Å². The zero-order valence-corrected chi connectivity index (χ0v) is 10.7. The highest BCUT2D eigenvalue weighted by atomic mass is 16.2. The first kappa shape index (κ1) is 12.8. The number of nitriles is 1. The molecule has 0 aliphatic heterocycles. The zero-order valence-electron chi connectivity index (χ0n) is 10.7. The molecular formula is C16H14N2O. The minimum absolute atomic E-state index is 0.156. The van der Waals surface area contributed by atoms with Gasteiger partial charge in [0.15, 0.2) is 0 Å². The SMILES string of the molecule is CN(C(=O)c1ccccc1)C(C#N)c1ccccc1. The van der Waals surface area contributed by atoms with Crippen molar-refractivity contribution in [3.05, 3.63) is 71.8 Å². The largest absolute Gasteiger partial charge is 0.322 e. The molecule has 0 fully saturated rings. The Balaban J connectivity index is 2.26. The first-order valence-electron chi connectivity index (χ1n) is 6.01. The van der Waals surface area contributed by atoms with Gasteiger partial charge >= 0.3 is 0 Å². The summed E-state index contributed by atoms with van der Waals surface area (Å²) in [5.41, 5.74) is 1.40. The van der Waals surface area contributed by atoms with Gasteiger partial charge in [-0.1, -0.05) is 48.5 Å². The van der Waals surface area contributed by atoms with Crippen LogP contribution in [-0.4, -0.2) is 17.9 Å². The lowest BCUT2D eigenvalue weighted by molar-refractivity contribution is 0.0763. The van der Waals surface area contributed by atoms with Crippen LogP contribution in [0.3, 0.4) is 0 Å². The minimum atomic E-state index is -0.575. The maximum absolute atomic E-state index is 12.3. The van der Waals surface area contributed by atoms with E-state index in [1.54, 1.807) is 19.2 Å². The maximum Gasteiger partial charge on any atom is 0.254 e. The molecule has 0 spiro atoms. The van der Waals surface area contributed by atoms with Gasteiger partial charge in [0.1, 0.15) is 6.04 Å². The van der Waals surface area contributed by atoms with E-state index in [9.17, 15) is 10.1 Å². The van der Waals surface area contributed by atoms with Crippen molar-refractivity contribution in [2.24, 2.45) is 0 Å². The fourth-order valence-electron chi connectivity index (χ4n) is 1.92. The Labute approximate surface area is 112 Å². The van der Waals surface area contributed by atoms with Gasteiger partial charge in [-0.15, -0.1) is 0 Å². The van der Waals surface area contributed by atoms with E-state index in [0.717, 1.165) is 5.56 Å². The van der Waals surface area contributed by atoms with Crippen LogP contribution in [0, 0.1) is 11.3 Å². The Hall–Kier alpha value is -2.60. The summed E-state index contributed by atoms with van der Waals surface area (Å²) in [6.07, 6.45) is 0. The number of rotatable bonds is 3. The molecule has 0 aromatic heterocycles. The van der Waals surface area contributed by atoms with Crippen LogP contribution in [-0.2, 0) is 0 Å². The number of carbonyl (C=O) groups is 1. The van der Waals surface area contributed by atoms with Crippen molar-refractivity contribution < 1.29 is 4.79 Å². The quantitative estimate of drug-likeness (QED) is 0.840. The van der Waals surface area contributed by atoms with Gasteiger partial charge < -0.3 is 4.90 Å². The van der Waals surface area contributed by atoms with Crippen LogP contribution < -0.4 is 0 Å². The van der Waals surface area contributed by atoms with Crippen molar-refractivity contribution in [1.29, 1.82) is 5.26 Å². The fraction of sp³-hybridized carbons (Fsp3) is 0.125. The van der Waals surface area contributed by atoms with Gasteiger partial charge in [-0.25, -0.2) is 0 Å². The Bertz CT molecular complexity index is 587. The lowest BCUT2D eigenvalue weighted by Gasteiger charge is -2.23. The molecule has 3 nitrogen and oxygen atoms in total. The van der Waals surface area contributed by atoms with Crippen LogP contribution in [0.4, 0.5) is 0 Å². The second-order valence-corrected chi connectivity index (χ2v) is 4.22. The van der Waals surface area contributed by atoms with Crippen molar-refractivity contribution in [3.63, 3.8) is 0 Å². The molecule has 0 aliphatic rings. The summed E-state index contributed by atoms with van der Waals surface area (Å²) in [5, 5.41) is 9.30. The zero-order chi connectivity index (χ0) is 13.7. The summed E-state index contributed by atoms with van der Waals surface area (Å²) in [4.78, 5) is 13.8. The predicted molar refractivity (Wildman–Crippen MR) is 73.3 cm³/mol. The molecule has 0 heterocycles. The normalized spacial score (nSPS) is 11.4. The predicted octanol–water partition coefficient (Wildman–Crippen LogP) is 3.02. The number of hydrogen-bond acceptors (Lipinski definition) is 2. The van der Waals surface area contributed by atoms with E-state index in [4.69, 9.17) is 0 Å². The Morgan fingerprint density at radius 1 is 1.05 bits per heavy atom. The molecule has 3 heteroatoms. The standard InChI is InChI=1S/C16H14N2O/c1-18(16(19)14-10-6-3-7-11-14)15(12-17)13-8-4-2-5-9-13/h2-11,15H,1H3. The molecule has 0 saturated heterocycles. The van der Waals surface area contributed by atoms with Crippen LogP contribution >= 0.6 is 0 Å². The third-order valence-electron chi connectivity index (χ3n) is 2.97. The molecule has 0 bridgehead atoms. The monoisotopic (exact) mass is 250 g/mol. The molecule has 1 atom stereocenters. The third-order valence-corrected chi connectivity index (χ3v) is 2.97. The van der Waals surface area contributed by atoms with E-state index in [1.807, 2.05) is 48.5 Å². The molecule has 2 aromatic carbocycles. The molecule has 19 heavy (non-hydrogen) atoms. The van der Waals surface area contributed by atoms with Gasteiger partial charge in [0.25, 0.3) is 5.91 Å². The van der Waals surface area contributed by atoms with Crippen molar-refractivity contribution in [1.82, 2.24) is 4.90 Å². The Morgan fingerprint density at radius 3 is 2.11 bits per heavy atom. The van der Waals surface area contributed by atoms with Crippen LogP contribution in [0.25, 0.3) is 0 Å². The van der Waals surface area contributed by atoms with Gasteiger partial charge in [0.05, 0.1) is 6.07 Å². The van der Waals surface area contributed by atoms with Crippen molar-refractivity contribution >= 4 is 5.91 Å². The lowest BCUT2D eigenvalue weighted by Crippen LogP contribution is -2.30. The smallest absolute Gasteiger partial charge is 0.254 e. The summed E-state index contributed by atoms with van der Waals surface area (Å²) < 4.78 is 0. The fourth-order valence-corrected chi connectivity index (χ4v) is 1.92. The highest BCUT2D eigenvalue weighted by Gasteiger charge is 2.21. The number of amides is 1. The molecule has 1 amide bonds. The van der Waals surface area contributed by atoms with E-state index >= 15 is 0 Å². The maximum atomic E-state index is 12.3. The number of carbonyl (C=O) groups excluding carboxylic acids is 1. The molecule has 1 unspecified atom stereocenters. The Kier molecular flexibility index (Phi) is 3.94. The van der Waals surface area contributed by atoms with Gasteiger partial charge in [0.2, 0.25) is 0 Å². The highest BCUT2D eigenvalue weighted by molar-refractivity contribution is 5.94. The van der Waals surface area contributed by atoms with Crippen molar-refractivity contribution in [3.8, 4) is 6.07 Å². The molecule has 94 valence electrons. The number of benzene rings is 2. The summed E-state index contributed by atoms with van der Waals surface area (Å²) in [5.74, 6) is -0.156. The third kappa shape index (κ3) is 2.80. The van der Waals surface area contributed by atoms with E-state index < -0.39 is 6.04 Å². The molecule has 2 rings (SSSR count). The molecule has 0 N–H and O–H groups in total. The molecular weight excluding hydrogens is 236 g/mol. The molecule has 0 aliphatic carbocycles. The molecule has 2 aromatic rings. The second-order valence-electron chi connectivity index (χ2n) is 4.22. The first-order valence-corrected chi connectivity index (χ1v) is 6.01. The molecule has 0 radical (unpaired) electrons. The van der Waals surface area contributed by atoms with E-state index in [-0.39, 0.29) is 5.91 Å². The Morgan fingerprint density at radius 2 is 1.58 bits per heavy atom. The number of nitrogens with zero attached hydrogens (tertiary/aromatic N) is 2. The van der Waals surface area contributed by atoms with Crippen LogP contribution in [0.15, 0.2) is 60.7 Å². The average Bonchev–Trinajstić information content (AvgIpc) is 2.49. The highest BCUT2D eigenvalue weighted by Crippen LogP contribution is 2.20. The van der Waals surface area contributed by atoms with Crippen LogP contribution in [0.5, 0.6) is 0 Å². The van der Waals surface area contributed by atoms with Gasteiger partial charge in [-0.05, 0) is 17.7 Å². The van der Waals surface area contributed by atoms with Crippen molar-refractivity contribution in [2.75, 3.05) is 7.05 Å². The number of hydrogen-bond donors (Lipinski definition) is 0. The summed E-state index contributed by atoms with van der Waals surface area (Å²) in [6, 6.07) is 19.9. The summed E-state index contributed by atoms with van der Waals surface area (Å²) >= 11 is 0. The van der Waals surface area contributed by atoms with Gasteiger partial charge in [-0.3, -0.25) is 4.79 Å². The van der Waals surface area contributed by atoms with Crippen molar-refractivity contribution in [2.45, 2.75) is 6.04 Å². The topological polar surface area (TPSA) is 44.1 Å². The summed E-state index contributed by atoms with van der Waals surface area (Å²) in [6.45, 7) is 0. The average molecular weight is 250 g/mol. The van der Waals surface area contributed by atoms with Crippen LogP contribution in [0.2, 0.25) is 0 Å². The summed E-state index contributed by atoms with van der Waals surface area (Å²) in [7, 11) is 1.65. The van der Waals surface area contributed by atoms with Crippen LogP contribution in [0.1, 0.15) is 22.0 Å². The molecule has 0 saturated carbocycles. The minimum Gasteiger partial charge on any atom is -0.322 e. The van der Waals surface area contributed by atoms with Gasteiger partial charge in [0, 0.05) is 12.6 Å². The van der Waals surface area contributed by atoms with E-state index in [2.05, 4.69) is 6.07 Å². The second kappa shape index (κ2) is 5.83. The van der Waals surface area contributed by atoms with Gasteiger partial charge in [-0.2, -0.15) is 5.26 Å². The van der Waals surface area contributed by atoms with E-state index in [1.165, 1.54) is 4.90 Å². The lowest BCUT2D eigenvalue weighted by atomic mass is 10.1.